The lowest BCUT2D eigenvalue weighted by atomic mass is 9.92. The van der Waals surface area contributed by atoms with Crippen LogP contribution in [0.2, 0.25) is 0 Å². The Labute approximate surface area is 110 Å². The molecule has 0 saturated heterocycles. The molecule has 1 aliphatic carbocycles. The van der Waals surface area contributed by atoms with E-state index in [9.17, 15) is 4.79 Å². The van der Waals surface area contributed by atoms with Gasteiger partial charge in [0.2, 0.25) is 0 Å². The molecule has 0 saturated carbocycles. The minimum absolute atomic E-state index is 0.220. The van der Waals surface area contributed by atoms with Crippen molar-refractivity contribution in [3.8, 4) is 0 Å². The fourth-order valence-corrected chi connectivity index (χ4v) is 1.84. The Hall–Kier alpha value is -1.31. The van der Waals surface area contributed by atoms with Crippen LogP contribution in [0.25, 0.3) is 0 Å². The zero-order valence-corrected chi connectivity index (χ0v) is 12.0. The van der Waals surface area contributed by atoms with Crippen molar-refractivity contribution in [3.63, 3.8) is 0 Å². The summed E-state index contributed by atoms with van der Waals surface area (Å²) in [6.45, 7) is 11.4. The second-order valence-electron chi connectivity index (χ2n) is 5.90. The second kappa shape index (κ2) is 6.03. The van der Waals surface area contributed by atoms with Gasteiger partial charge in [-0.1, -0.05) is 12.2 Å². The molecule has 0 fully saturated rings. The highest BCUT2D eigenvalue weighted by Crippen LogP contribution is 2.27. The van der Waals surface area contributed by atoms with Gasteiger partial charge in [-0.2, -0.15) is 0 Å². The zero-order valence-electron chi connectivity index (χ0n) is 12.0. The van der Waals surface area contributed by atoms with Gasteiger partial charge in [-0.25, -0.2) is 0 Å². The van der Waals surface area contributed by atoms with Crippen molar-refractivity contribution in [2.45, 2.75) is 53.4 Å². The number of carbonyl (C=O) groups is 1. The van der Waals surface area contributed by atoms with Gasteiger partial charge >= 0.3 is 5.97 Å². The third-order valence-corrected chi connectivity index (χ3v) is 3.14. The van der Waals surface area contributed by atoms with Gasteiger partial charge in [-0.05, 0) is 71.1 Å². The van der Waals surface area contributed by atoms with E-state index in [0.717, 1.165) is 12.8 Å². The van der Waals surface area contributed by atoms with Crippen LogP contribution in [0.5, 0.6) is 0 Å². The van der Waals surface area contributed by atoms with Crippen LogP contribution in [0.3, 0.4) is 0 Å². The first kappa shape index (κ1) is 14.7. The van der Waals surface area contributed by atoms with Gasteiger partial charge in [0.15, 0.2) is 0 Å². The molecule has 2 nitrogen and oxygen atoms in total. The summed E-state index contributed by atoms with van der Waals surface area (Å²) in [5.41, 5.74) is 2.20. The van der Waals surface area contributed by atoms with Gasteiger partial charge < -0.3 is 4.74 Å². The summed E-state index contributed by atoms with van der Waals surface area (Å²) in [4.78, 5) is 11.8. The number of esters is 1. The lowest BCUT2D eigenvalue weighted by Gasteiger charge is -2.18. The van der Waals surface area contributed by atoms with Crippen molar-refractivity contribution < 1.29 is 9.53 Å². The summed E-state index contributed by atoms with van der Waals surface area (Å²) < 4.78 is 5.39. The molecule has 0 aliphatic heterocycles. The van der Waals surface area contributed by atoms with Crippen LogP contribution in [0.4, 0.5) is 0 Å². The number of hydrogen-bond donors (Lipinski definition) is 0. The molecule has 0 aromatic rings. The normalized spacial score (nSPS) is 17.7. The van der Waals surface area contributed by atoms with Crippen LogP contribution in [0, 0.1) is 5.41 Å². The number of rotatable bonds is 3. The summed E-state index contributed by atoms with van der Waals surface area (Å²) in [5.74, 6) is 0.342. The maximum atomic E-state index is 11.8. The van der Waals surface area contributed by atoms with Crippen LogP contribution in [-0.4, -0.2) is 5.97 Å². The number of allylic oxidation sites excluding steroid dienone is 4. The molecule has 0 amide bonds. The molecule has 0 aromatic carbocycles. The monoisotopic (exact) mass is 248 g/mol. The highest BCUT2D eigenvalue weighted by atomic mass is 16.5. The number of carbonyl (C=O) groups excluding carboxylic acids is 1. The Bertz CT molecular complexity index is 392. The summed E-state index contributed by atoms with van der Waals surface area (Å²) in [5, 5.41) is 0. The standard InChI is InChI=1S/C16H24O2/c1-6-14(18-15(17)16(3,4)5)11-13-10-8-7-9-12(13)2/h6,11H,1,7-10H2,2-5H3/b14-11+. The fraction of sp³-hybridized carbons (Fsp3) is 0.562. The first-order chi connectivity index (χ1) is 8.34. The van der Waals surface area contributed by atoms with Crippen molar-refractivity contribution in [3.05, 3.63) is 35.6 Å². The first-order valence-electron chi connectivity index (χ1n) is 6.59. The molecular formula is C16H24O2. The molecule has 1 aliphatic rings. The maximum Gasteiger partial charge on any atom is 0.316 e. The van der Waals surface area contributed by atoms with Gasteiger partial charge in [-0.15, -0.1) is 0 Å². The topological polar surface area (TPSA) is 26.3 Å². The zero-order chi connectivity index (χ0) is 13.8. The molecule has 0 unspecified atom stereocenters. The Kier molecular flexibility index (Phi) is 4.94. The molecule has 0 bridgehead atoms. The molecule has 0 heterocycles. The smallest absolute Gasteiger partial charge is 0.316 e. The first-order valence-corrected chi connectivity index (χ1v) is 6.59. The Morgan fingerprint density at radius 3 is 2.39 bits per heavy atom. The molecule has 0 N–H and O–H groups in total. The van der Waals surface area contributed by atoms with E-state index in [1.807, 2.05) is 26.8 Å². The van der Waals surface area contributed by atoms with E-state index in [1.165, 1.54) is 24.0 Å². The van der Waals surface area contributed by atoms with Crippen molar-refractivity contribution in [1.29, 1.82) is 0 Å². The molecular weight excluding hydrogens is 224 g/mol. The highest BCUT2D eigenvalue weighted by molar-refractivity contribution is 5.76. The minimum Gasteiger partial charge on any atom is -0.426 e. The summed E-state index contributed by atoms with van der Waals surface area (Å²) >= 11 is 0. The van der Waals surface area contributed by atoms with Crippen LogP contribution in [0.15, 0.2) is 35.6 Å². The molecule has 0 atom stereocenters. The molecule has 2 heteroatoms. The largest absolute Gasteiger partial charge is 0.426 e. The van der Waals surface area contributed by atoms with Crippen molar-refractivity contribution in [2.24, 2.45) is 5.41 Å². The van der Waals surface area contributed by atoms with Gasteiger partial charge in [0, 0.05) is 0 Å². The van der Waals surface area contributed by atoms with E-state index in [0.29, 0.717) is 5.76 Å². The van der Waals surface area contributed by atoms with Crippen molar-refractivity contribution in [2.75, 3.05) is 0 Å². The van der Waals surface area contributed by atoms with Crippen LogP contribution in [0.1, 0.15) is 53.4 Å². The average Bonchev–Trinajstić information content (AvgIpc) is 2.29. The molecule has 0 aromatic heterocycles. The van der Waals surface area contributed by atoms with E-state index in [1.54, 1.807) is 6.08 Å². The molecule has 18 heavy (non-hydrogen) atoms. The van der Waals surface area contributed by atoms with E-state index in [2.05, 4.69) is 13.5 Å². The van der Waals surface area contributed by atoms with Crippen LogP contribution < -0.4 is 0 Å². The minimum atomic E-state index is -0.488. The Morgan fingerprint density at radius 2 is 1.89 bits per heavy atom. The van der Waals surface area contributed by atoms with Gasteiger partial charge in [0.1, 0.15) is 5.76 Å². The average molecular weight is 248 g/mol. The second-order valence-corrected chi connectivity index (χ2v) is 5.90. The quantitative estimate of drug-likeness (QED) is 0.416. The highest BCUT2D eigenvalue weighted by Gasteiger charge is 2.24. The molecule has 0 radical (unpaired) electrons. The number of ether oxygens (including phenoxy) is 1. The van der Waals surface area contributed by atoms with E-state index in [4.69, 9.17) is 4.74 Å². The lowest BCUT2D eigenvalue weighted by molar-refractivity contribution is -0.147. The third-order valence-electron chi connectivity index (χ3n) is 3.14. The maximum absolute atomic E-state index is 11.8. The number of hydrogen-bond acceptors (Lipinski definition) is 2. The van der Waals surface area contributed by atoms with Crippen LogP contribution in [-0.2, 0) is 9.53 Å². The third kappa shape index (κ3) is 4.17. The summed E-state index contributed by atoms with van der Waals surface area (Å²) in [6, 6.07) is 0. The summed E-state index contributed by atoms with van der Waals surface area (Å²) in [7, 11) is 0. The SMILES string of the molecule is C=C/C(=C\C1=C(C)CCCC1)OC(=O)C(C)(C)C. The van der Waals surface area contributed by atoms with Crippen molar-refractivity contribution >= 4 is 5.97 Å². The van der Waals surface area contributed by atoms with E-state index in [-0.39, 0.29) is 5.97 Å². The predicted octanol–water partition coefficient (Wildman–Crippen LogP) is 4.54. The summed E-state index contributed by atoms with van der Waals surface area (Å²) in [6.07, 6.45) is 8.25. The van der Waals surface area contributed by atoms with E-state index < -0.39 is 5.41 Å². The predicted molar refractivity (Wildman–Crippen MR) is 75.0 cm³/mol. The molecule has 0 spiro atoms. The molecule has 100 valence electrons. The molecule has 1 rings (SSSR count). The van der Waals surface area contributed by atoms with Crippen LogP contribution >= 0.6 is 0 Å². The fourth-order valence-electron chi connectivity index (χ4n) is 1.84. The lowest BCUT2D eigenvalue weighted by Crippen LogP contribution is -2.22. The van der Waals surface area contributed by atoms with Gasteiger partial charge in [-0.3, -0.25) is 4.79 Å². The van der Waals surface area contributed by atoms with E-state index >= 15 is 0 Å². The Balaban J connectivity index is 2.84. The van der Waals surface area contributed by atoms with Gasteiger partial charge in [0.05, 0.1) is 5.41 Å². The van der Waals surface area contributed by atoms with Gasteiger partial charge in [0.25, 0.3) is 0 Å². The Morgan fingerprint density at radius 1 is 1.28 bits per heavy atom. The van der Waals surface area contributed by atoms with Crippen molar-refractivity contribution in [1.82, 2.24) is 0 Å².